The van der Waals surface area contributed by atoms with Gasteiger partial charge in [-0.1, -0.05) is 19.1 Å². The maximum Gasteiger partial charge on any atom is 0.258 e. The van der Waals surface area contributed by atoms with Gasteiger partial charge in [-0.25, -0.2) is 0 Å². The van der Waals surface area contributed by atoms with Crippen molar-refractivity contribution in [3.8, 4) is 11.5 Å². The zero-order valence-electron chi connectivity index (χ0n) is 17.7. The third-order valence-corrected chi connectivity index (χ3v) is 5.44. The molecule has 1 aliphatic rings. The zero-order valence-corrected chi connectivity index (χ0v) is 17.7. The van der Waals surface area contributed by atoms with E-state index in [1.54, 1.807) is 31.4 Å². The molecule has 1 fully saturated rings. The molecule has 1 saturated heterocycles. The molecule has 160 valence electrons. The van der Waals surface area contributed by atoms with E-state index in [1.807, 2.05) is 19.1 Å². The molecule has 2 aromatic carbocycles. The molecule has 1 N–H and O–H groups in total. The summed E-state index contributed by atoms with van der Waals surface area (Å²) in [5.41, 5.74) is 1.82. The summed E-state index contributed by atoms with van der Waals surface area (Å²) in [6.07, 6.45) is 2.83. The van der Waals surface area contributed by atoms with Crippen LogP contribution in [0.25, 0.3) is 0 Å². The molecule has 0 spiro atoms. The number of hydrogen-bond donors (Lipinski definition) is 1. The second kappa shape index (κ2) is 10.8. The Morgan fingerprint density at radius 3 is 2.23 bits per heavy atom. The third kappa shape index (κ3) is 5.83. The number of ether oxygens (including phenoxy) is 2. The SMILES string of the molecule is CCC(=O)c1ccc(OCC(=O)NCC(c2ccc(OC)cc2)N2CCCC2)cc1. The number of methoxy groups -OCH3 is 1. The molecule has 0 radical (unpaired) electrons. The van der Waals surface area contributed by atoms with Crippen molar-refractivity contribution in [2.75, 3.05) is 33.4 Å². The van der Waals surface area contributed by atoms with Gasteiger partial charge in [0.15, 0.2) is 12.4 Å². The van der Waals surface area contributed by atoms with Crippen LogP contribution in [0.1, 0.15) is 48.1 Å². The van der Waals surface area contributed by atoms with E-state index in [2.05, 4.69) is 22.3 Å². The number of hydrogen-bond acceptors (Lipinski definition) is 5. The number of Topliss-reactive ketones (excluding diaryl/α,β-unsaturated/α-hetero) is 1. The Balaban J connectivity index is 1.54. The maximum atomic E-state index is 12.4. The molecule has 30 heavy (non-hydrogen) atoms. The molecule has 1 aliphatic heterocycles. The summed E-state index contributed by atoms with van der Waals surface area (Å²) in [7, 11) is 1.66. The first-order chi connectivity index (χ1) is 14.6. The van der Waals surface area contributed by atoms with E-state index in [0.717, 1.165) is 24.4 Å². The number of nitrogens with one attached hydrogen (secondary N) is 1. The van der Waals surface area contributed by atoms with Gasteiger partial charge in [-0.15, -0.1) is 0 Å². The van der Waals surface area contributed by atoms with Gasteiger partial charge in [-0.3, -0.25) is 14.5 Å². The average Bonchev–Trinajstić information content (AvgIpc) is 3.32. The molecule has 0 aliphatic carbocycles. The summed E-state index contributed by atoms with van der Waals surface area (Å²) < 4.78 is 10.8. The number of benzene rings is 2. The van der Waals surface area contributed by atoms with Crippen molar-refractivity contribution in [3.05, 3.63) is 59.7 Å². The first kappa shape index (κ1) is 21.8. The van der Waals surface area contributed by atoms with Crippen LogP contribution in [-0.2, 0) is 4.79 Å². The van der Waals surface area contributed by atoms with E-state index in [0.29, 0.717) is 24.3 Å². The fourth-order valence-electron chi connectivity index (χ4n) is 3.69. The van der Waals surface area contributed by atoms with Crippen LogP contribution in [0.2, 0.25) is 0 Å². The quantitative estimate of drug-likeness (QED) is 0.606. The Kier molecular flexibility index (Phi) is 7.85. The highest BCUT2D eigenvalue weighted by molar-refractivity contribution is 5.95. The monoisotopic (exact) mass is 410 g/mol. The lowest BCUT2D eigenvalue weighted by molar-refractivity contribution is -0.123. The highest BCUT2D eigenvalue weighted by atomic mass is 16.5. The number of rotatable bonds is 10. The molecule has 0 bridgehead atoms. The summed E-state index contributed by atoms with van der Waals surface area (Å²) >= 11 is 0. The van der Waals surface area contributed by atoms with Crippen LogP contribution in [0.3, 0.4) is 0 Å². The first-order valence-electron chi connectivity index (χ1n) is 10.5. The number of nitrogens with zero attached hydrogens (tertiary/aromatic N) is 1. The largest absolute Gasteiger partial charge is 0.497 e. The van der Waals surface area contributed by atoms with Crippen molar-refractivity contribution >= 4 is 11.7 Å². The van der Waals surface area contributed by atoms with E-state index < -0.39 is 0 Å². The van der Waals surface area contributed by atoms with Crippen molar-refractivity contribution in [3.63, 3.8) is 0 Å². The van der Waals surface area contributed by atoms with Crippen LogP contribution in [0, 0.1) is 0 Å². The van der Waals surface area contributed by atoms with E-state index in [-0.39, 0.29) is 24.3 Å². The summed E-state index contributed by atoms with van der Waals surface area (Å²) in [4.78, 5) is 26.5. The molecule has 3 rings (SSSR count). The predicted molar refractivity (Wildman–Crippen MR) is 116 cm³/mol. The van der Waals surface area contributed by atoms with Crippen molar-refractivity contribution in [2.45, 2.75) is 32.2 Å². The summed E-state index contributed by atoms with van der Waals surface area (Å²) in [6.45, 7) is 4.37. The Morgan fingerprint density at radius 1 is 1.00 bits per heavy atom. The lowest BCUT2D eigenvalue weighted by Gasteiger charge is -2.28. The fraction of sp³-hybridized carbons (Fsp3) is 0.417. The van der Waals surface area contributed by atoms with Crippen molar-refractivity contribution in [1.82, 2.24) is 10.2 Å². The van der Waals surface area contributed by atoms with Crippen LogP contribution in [-0.4, -0.2) is 49.9 Å². The van der Waals surface area contributed by atoms with Gasteiger partial charge in [0.05, 0.1) is 13.2 Å². The topological polar surface area (TPSA) is 67.9 Å². The van der Waals surface area contributed by atoms with Gasteiger partial charge in [0.1, 0.15) is 11.5 Å². The van der Waals surface area contributed by atoms with E-state index >= 15 is 0 Å². The van der Waals surface area contributed by atoms with Crippen molar-refractivity contribution in [2.24, 2.45) is 0 Å². The number of amides is 1. The average molecular weight is 411 g/mol. The van der Waals surface area contributed by atoms with E-state index in [9.17, 15) is 9.59 Å². The summed E-state index contributed by atoms with van der Waals surface area (Å²) in [6, 6.07) is 15.1. The lowest BCUT2D eigenvalue weighted by Crippen LogP contribution is -2.38. The van der Waals surface area contributed by atoms with Gasteiger partial charge in [0, 0.05) is 18.5 Å². The Labute approximate surface area is 178 Å². The van der Waals surface area contributed by atoms with Crippen LogP contribution in [0.15, 0.2) is 48.5 Å². The van der Waals surface area contributed by atoms with E-state index in [1.165, 1.54) is 12.8 Å². The number of ketones is 1. The highest BCUT2D eigenvalue weighted by Crippen LogP contribution is 2.26. The molecule has 6 heteroatoms. The molecule has 1 unspecified atom stereocenters. The van der Waals surface area contributed by atoms with Crippen LogP contribution in [0.5, 0.6) is 11.5 Å². The normalized spacial score (nSPS) is 14.9. The van der Waals surface area contributed by atoms with Gasteiger partial charge in [-0.2, -0.15) is 0 Å². The lowest BCUT2D eigenvalue weighted by atomic mass is 10.1. The van der Waals surface area contributed by atoms with Gasteiger partial charge >= 0.3 is 0 Å². The predicted octanol–water partition coefficient (Wildman–Crippen LogP) is 3.62. The standard InChI is InChI=1S/C24H30N2O4/c1-3-23(27)19-8-12-21(13-9-19)30-17-24(28)25-16-22(26-14-4-5-15-26)18-6-10-20(29-2)11-7-18/h6-13,22H,3-5,14-17H2,1-2H3,(H,25,28). The van der Waals surface area contributed by atoms with E-state index in [4.69, 9.17) is 9.47 Å². The molecule has 1 heterocycles. The minimum atomic E-state index is -0.165. The second-order valence-electron chi connectivity index (χ2n) is 7.43. The number of likely N-dealkylation sites (tertiary alicyclic amines) is 1. The molecule has 1 atom stereocenters. The molecular formula is C24H30N2O4. The van der Waals surface area contributed by atoms with Gasteiger partial charge in [-0.05, 0) is 67.9 Å². The second-order valence-corrected chi connectivity index (χ2v) is 7.43. The van der Waals surface area contributed by atoms with Gasteiger partial charge in [0.25, 0.3) is 5.91 Å². The Morgan fingerprint density at radius 2 is 1.63 bits per heavy atom. The fourth-order valence-corrected chi connectivity index (χ4v) is 3.69. The third-order valence-electron chi connectivity index (χ3n) is 5.44. The Bertz CT molecular complexity index is 827. The smallest absolute Gasteiger partial charge is 0.258 e. The molecule has 1 amide bonds. The van der Waals surface area contributed by atoms with Gasteiger partial charge < -0.3 is 14.8 Å². The Hall–Kier alpha value is -2.86. The van der Waals surface area contributed by atoms with Crippen molar-refractivity contribution < 1.29 is 19.1 Å². The van der Waals surface area contributed by atoms with Crippen LogP contribution < -0.4 is 14.8 Å². The molecule has 6 nitrogen and oxygen atoms in total. The summed E-state index contributed by atoms with van der Waals surface area (Å²) in [5, 5.41) is 3.00. The first-order valence-corrected chi connectivity index (χ1v) is 10.5. The zero-order chi connectivity index (χ0) is 21.3. The summed E-state index contributed by atoms with van der Waals surface area (Å²) in [5.74, 6) is 1.32. The number of carbonyl (C=O) groups excluding carboxylic acids is 2. The molecule has 0 aromatic heterocycles. The molecular weight excluding hydrogens is 380 g/mol. The minimum Gasteiger partial charge on any atom is -0.497 e. The van der Waals surface area contributed by atoms with Crippen LogP contribution >= 0.6 is 0 Å². The van der Waals surface area contributed by atoms with Gasteiger partial charge in [0.2, 0.25) is 0 Å². The minimum absolute atomic E-state index is 0.0591. The highest BCUT2D eigenvalue weighted by Gasteiger charge is 2.24. The van der Waals surface area contributed by atoms with Crippen molar-refractivity contribution in [1.29, 1.82) is 0 Å². The van der Waals surface area contributed by atoms with Crippen LogP contribution in [0.4, 0.5) is 0 Å². The molecule has 0 saturated carbocycles. The molecule has 2 aromatic rings. The number of carbonyl (C=O) groups is 2. The maximum absolute atomic E-state index is 12.4.